The first-order valence-electron chi connectivity index (χ1n) is 5.64. The van der Waals surface area contributed by atoms with Gasteiger partial charge in [0.2, 0.25) is 0 Å². The van der Waals surface area contributed by atoms with Gasteiger partial charge in [0.05, 0.1) is 15.1 Å². The van der Waals surface area contributed by atoms with Gasteiger partial charge in [0.25, 0.3) is 10.0 Å². The maximum absolute atomic E-state index is 13.3. The molecule has 0 saturated heterocycles. The zero-order valence-corrected chi connectivity index (χ0v) is 13.0. The Hall–Kier alpha value is -1.54. The fourth-order valence-electron chi connectivity index (χ4n) is 1.60. The lowest BCUT2D eigenvalue weighted by Crippen LogP contribution is -2.14. The Labute approximate surface area is 128 Å². The number of aryl methyl sites for hydroxylation is 1. The SMILES string of the molecule is Cc1cc(F)c(Br)cc1NS(=O)(=O)c1ccc(F)c(F)c1. The van der Waals surface area contributed by atoms with Gasteiger partial charge in [-0.3, -0.25) is 4.72 Å². The summed E-state index contributed by atoms with van der Waals surface area (Å²) in [5.74, 6) is -2.95. The van der Waals surface area contributed by atoms with Gasteiger partial charge < -0.3 is 0 Å². The molecular weight excluding hydrogens is 371 g/mol. The highest BCUT2D eigenvalue weighted by molar-refractivity contribution is 9.10. The molecule has 0 aliphatic carbocycles. The van der Waals surface area contributed by atoms with E-state index >= 15 is 0 Å². The second-order valence-electron chi connectivity index (χ2n) is 4.26. The standard InChI is InChI=1S/C13H9BrF3NO2S/c1-7-4-11(16)9(14)6-13(7)18-21(19,20)8-2-3-10(15)12(17)5-8/h2-6,18H,1H3. The van der Waals surface area contributed by atoms with E-state index in [-0.39, 0.29) is 10.2 Å². The Bertz CT molecular complexity index is 809. The fourth-order valence-corrected chi connectivity index (χ4v) is 3.08. The predicted molar refractivity (Wildman–Crippen MR) is 76.0 cm³/mol. The lowest BCUT2D eigenvalue weighted by atomic mass is 10.2. The zero-order chi connectivity index (χ0) is 15.8. The van der Waals surface area contributed by atoms with Crippen LogP contribution in [-0.2, 0) is 10.0 Å². The van der Waals surface area contributed by atoms with E-state index in [9.17, 15) is 21.6 Å². The third kappa shape index (κ3) is 3.38. The molecule has 8 heteroatoms. The van der Waals surface area contributed by atoms with Crippen molar-refractivity contribution >= 4 is 31.6 Å². The van der Waals surface area contributed by atoms with Crippen LogP contribution in [0.3, 0.4) is 0 Å². The minimum Gasteiger partial charge on any atom is -0.279 e. The van der Waals surface area contributed by atoms with E-state index in [2.05, 4.69) is 20.7 Å². The lowest BCUT2D eigenvalue weighted by molar-refractivity contribution is 0.504. The number of hydrogen-bond donors (Lipinski definition) is 1. The normalized spacial score (nSPS) is 11.5. The maximum atomic E-state index is 13.3. The van der Waals surface area contributed by atoms with Crippen LogP contribution in [0.25, 0.3) is 0 Å². The number of benzene rings is 2. The molecule has 112 valence electrons. The molecule has 2 aromatic carbocycles. The van der Waals surface area contributed by atoms with Crippen molar-refractivity contribution in [3.63, 3.8) is 0 Å². The van der Waals surface area contributed by atoms with E-state index in [1.807, 2.05) is 0 Å². The van der Waals surface area contributed by atoms with Gasteiger partial charge in [-0.15, -0.1) is 0 Å². The van der Waals surface area contributed by atoms with E-state index in [0.717, 1.165) is 18.2 Å². The summed E-state index contributed by atoms with van der Waals surface area (Å²) in [5.41, 5.74) is 0.481. The van der Waals surface area contributed by atoms with Crippen molar-refractivity contribution in [3.05, 3.63) is 57.8 Å². The number of halogens is 4. The average molecular weight is 380 g/mol. The molecule has 21 heavy (non-hydrogen) atoms. The molecule has 0 amide bonds. The van der Waals surface area contributed by atoms with Crippen LogP contribution in [-0.4, -0.2) is 8.42 Å². The molecule has 0 unspecified atom stereocenters. The summed E-state index contributed by atoms with van der Waals surface area (Å²) in [4.78, 5) is -0.429. The van der Waals surface area contributed by atoms with Crippen LogP contribution in [0.15, 0.2) is 39.7 Å². The molecule has 0 aliphatic rings. The van der Waals surface area contributed by atoms with Crippen molar-refractivity contribution in [2.45, 2.75) is 11.8 Å². The van der Waals surface area contributed by atoms with Gasteiger partial charge in [-0.05, 0) is 58.7 Å². The fraction of sp³-hybridized carbons (Fsp3) is 0.0769. The van der Waals surface area contributed by atoms with Crippen molar-refractivity contribution in [3.8, 4) is 0 Å². The summed E-state index contributed by atoms with van der Waals surface area (Å²) in [6.45, 7) is 1.51. The van der Waals surface area contributed by atoms with Crippen LogP contribution in [0, 0.1) is 24.4 Å². The van der Waals surface area contributed by atoms with Gasteiger partial charge in [0.15, 0.2) is 11.6 Å². The second-order valence-corrected chi connectivity index (χ2v) is 6.80. The zero-order valence-electron chi connectivity index (χ0n) is 10.6. The van der Waals surface area contributed by atoms with Crippen molar-refractivity contribution in [2.24, 2.45) is 0 Å². The Morgan fingerprint density at radius 2 is 1.67 bits per heavy atom. The molecule has 0 bridgehead atoms. The molecule has 1 N–H and O–H groups in total. The number of anilines is 1. The molecule has 0 fully saturated rings. The first-order valence-corrected chi connectivity index (χ1v) is 7.92. The van der Waals surface area contributed by atoms with E-state index in [1.165, 1.54) is 13.0 Å². The van der Waals surface area contributed by atoms with Crippen LogP contribution in [0.5, 0.6) is 0 Å². The Morgan fingerprint density at radius 1 is 1.00 bits per heavy atom. The Balaban J connectivity index is 2.42. The summed E-state index contributed by atoms with van der Waals surface area (Å²) in [6.07, 6.45) is 0. The van der Waals surface area contributed by atoms with E-state index in [1.54, 1.807) is 0 Å². The molecule has 0 saturated carbocycles. The molecular formula is C13H9BrF3NO2S. The molecule has 0 radical (unpaired) electrons. The monoisotopic (exact) mass is 379 g/mol. The number of nitrogens with one attached hydrogen (secondary N) is 1. The quantitative estimate of drug-likeness (QED) is 0.876. The van der Waals surface area contributed by atoms with Gasteiger partial charge in [0, 0.05) is 0 Å². The first-order chi connectivity index (χ1) is 9.70. The van der Waals surface area contributed by atoms with Crippen molar-refractivity contribution in [1.82, 2.24) is 0 Å². The number of sulfonamides is 1. The van der Waals surface area contributed by atoms with Gasteiger partial charge in [-0.2, -0.15) is 0 Å². The van der Waals surface area contributed by atoms with E-state index in [4.69, 9.17) is 0 Å². The van der Waals surface area contributed by atoms with Crippen LogP contribution < -0.4 is 4.72 Å². The number of hydrogen-bond acceptors (Lipinski definition) is 2. The van der Waals surface area contributed by atoms with Gasteiger partial charge in [-0.25, -0.2) is 21.6 Å². The van der Waals surface area contributed by atoms with Crippen LogP contribution in [0.1, 0.15) is 5.56 Å². The average Bonchev–Trinajstić information content (AvgIpc) is 2.39. The Morgan fingerprint density at radius 3 is 2.29 bits per heavy atom. The highest BCUT2D eigenvalue weighted by Crippen LogP contribution is 2.26. The third-order valence-electron chi connectivity index (χ3n) is 2.71. The topological polar surface area (TPSA) is 46.2 Å². The van der Waals surface area contributed by atoms with E-state index in [0.29, 0.717) is 11.6 Å². The summed E-state index contributed by atoms with van der Waals surface area (Å²) >= 11 is 2.95. The van der Waals surface area contributed by atoms with Crippen LogP contribution in [0.4, 0.5) is 18.9 Å². The number of rotatable bonds is 3. The van der Waals surface area contributed by atoms with Gasteiger partial charge in [-0.1, -0.05) is 0 Å². The maximum Gasteiger partial charge on any atom is 0.262 e. The lowest BCUT2D eigenvalue weighted by Gasteiger charge is -2.11. The summed E-state index contributed by atoms with van der Waals surface area (Å²) in [7, 11) is -4.10. The van der Waals surface area contributed by atoms with Crippen molar-refractivity contribution in [1.29, 1.82) is 0 Å². The van der Waals surface area contributed by atoms with E-state index < -0.39 is 32.4 Å². The Kier molecular flexibility index (Phi) is 4.29. The smallest absolute Gasteiger partial charge is 0.262 e. The highest BCUT2D eigenvalue weighted by atomic mass is 79.9. The van der Waals surface area contributed by atoms with Crippen LogP contribution in [0.2, 0.25) is 0 Å². The van der Waals surface area contributed by atoms with Crippen molar-refractivity contribution in [2.75, 3.05) is 4.72 Å². The highest BCUT2D eigenvalue weighted by Gasteiger charge is 2.18. The largest absolute Gasteiger partial charge is 0.279 e. The summed E-state index contributed by atoms with van der Waals surface area (Å²) in [6, 6.07) is 4.63. The first kappa shape index (κ1) is 15.8. The van der Waals surface area contributed by atoms with Crippen LogP contribution >= 0.6 is 15.9 Å². The van der Waals surface area contributed by atoms with Gasteiger partial charge >= 0.3 is 0 Å². The molecule has 0 spiro atoms. The molecule has 2 rings (SSSR count). The van der Waals surface area contributed by atoms with Gasteiger partial charge in [0.1, 0.15) is 5.82 Å². The second kappa shape index (κ2) is 5.69. The molecule has 0 atom stereocenters. The molecule has 3 nitrogen and oxygen atoms in total. The summed E-state index contributed by atoms with van der Waals surface area (Å²) in [5, 5.41) is 0. The molecule has 0 aromatic heterocycles. The van der Waals surface area contributed by atoms with Crippen molar-refractivity contribution < 1.29 is 21.6 Å². The minimum absolute atomic E-state index is 0.0797. The minimum atomic E-state index is -4.10. The predicted octanol–water partition coefficient (Wildman–Crippen LogP) is 3.98. The summed E-state index contributed by atoms with van der Waals surface area (Å²) < 4.78 is 65.7. The molecule has 0 aliphatic heterocycles. The molecule has 0 heterocycles. The molecule has 2 aromatic rings. The third-order valence-corrected chi connectivity index (χ3v) is 4.68.